The second-order valence-corrected chi connectivity index (χ2v) is 3.28. The molecule has 13 heavy (non-hydrogen) atoms. The molecule has 0 amide bonds. The molecule has 66 valence electrons. The van der Waals surface area contributed by atoms with Crippen LogP contribution in [-0.2, 0) is 5.41 Å². The van der Waals surface area contributed by atoms with Gasteiger partial charge in [-0.25, -0.2) is 0 Å². The van der Waals surface area contributed by atoms with Gasteiger partial charge in [0.2, 0.25) is 0 Å². The summed E-state index contributed by atoms with van der Waals surface area (Å²) in [6.07, 6.45) is 3.53. The molecule has 0 aliphatic heterocycles. The zero-order valence-electron chi connectivity index (χ0n) is 7.45. The summed E-state index contributed by atoms with van der Waals surface area (Å²) in [6, 6.07) is 6.02. The average molecular weight is 174 g/mol. The van der Waals surface area contributed by atoms with Crippen LogP contribution in [0.2, 0.25) is 0 Å². The first-order valence-corrected chi connectivity index (χ1v) is 4.22. The number of hydrogen-bond acceptors (Lipinski definition) is 3. The summed E-state index contributed by atoms with van der Waals surface area (Å²) < 4.78 is 4.99. The first-order chi connectivity index (χ1) is 6.30. The van der Waals surface area contributed by atoms with Gasteiger partial charge in [0.05, 0.1) is 30.5 Å². The number of hydrogen-bond donors (Lipinski definition) is 0. The van der Waals surface area contributed by atoms with E-state index in [9.17, 15) is 0 Å². The lowest BCUT2D eigenvalue weighted by molar-refractivity contribution is 0.412. The predicted octanol–water partition coefficient (Wildman–Crippen LogP) is 1.65. The third-order valence-corrected chi connectivity index (χ3v) is 2.43. The molecule has 0 aromatic carbocycles. The van der Waals surface area contributed by atoms with Crippen molar-refractivity contribution in [2.75, 3.05) is 7.11 Å². The summed E-state index contributed by atoms with van der Waals surface area (Å²) in [6.45, 7) is 0. The van der Waals surface area contributed by atoms with E-state index in [4.69, 9.17) is 10.00 Å². The minimum atomic E-state index is -0.285. The fourth-order valence-corrected chi connectivity index (χ4v) is 1.33. The van der Waals surface area contributed by atoms with Crippen molar-refractivity contribution < 1.29 is 4.74 Å². The molecule has 0 saturated heterocycles. The highest BCUT2D eigenvalue weighted by Gasteiger charge is 2.46. The lowest BCUT2D eigenvalue weighted by Gasteiger charge is -2.05. The van der Waals surface area contributed by atoms with E-state index in [1.54, 1.807) is 13.3 Å². The Hall–Kier alpha value is -1.56. The second-order valence-electron chi connectivity index (χ2n) is 3.28. The number of rotatable bonds is 2. The molecule has 1 heterocycles. The summed E-state index contributed by atoms with van der Waals surface area (Å²) in [5.74, 6) is 0.734. The molecule has 1 aromatic rings. The monoisotopic (exact) mass is 174 g/mol. The van der Waals surface area contributed by atoms with Gasteiger partial charge >= 0.3 is 0 Å². The van der Waals surface area contributed by atoms with Gasteiger partial charge in [-0.1, -0.05) is 0 Å². The zero-order valence-corrected chi connectivity index (χ0v) is 7.45. The van der Waals surface area contributed by atoms with Gasteiger partial charge in [0.1, 0.15) is 5.75 Å². The third kappa shape index (κ3) is 1.25. The number of nitriles is 1. The van der Waals surface area contributed by atoms with Crippen molar-refractivity contribution in [1.82, 2.24) is 4.98 Å². The Kier molecular flexibility index (Phi) is 1.70. The Morgan fingerprint density at radius 3 is 2.69 bits per heavy atom. The van der Waals surface area contributed by atoms with Crippen molar-refractivity contribution in [3.8, 4) is 11.8 Å². The molecule has 1 aliphatic carbocycles. The van der Waals surface area contributed by atoms with E-state index in [0.717, 1.165) is 24.3 Å². The smallest absolute Gasteiger partial charge is 0.137 e. The lowest BCUT2D eigenvalue weighted by atomic mass is 10.0. The van der Waals surface area contributed by atoms with E-state index >= 15 is 0 Å². The largest absolute Gasteiger partial charge is 0.495 e. The third-order valence-electron chi connectivity index (χ3n) is 2.43. The second kappa shape index (κ2) is 2.74. The number of nitrogens with zero attached hydrogens (tertiary/aromatic N) is 2. The summed E-state index contributed by atoms with van der Waals surface area (Å²) in [4.78, 5) is 4.21. The van der Waals surface area contributed by atoms with Crippen molar-refractivity contribution in [2.45, 2.75) is 18.3 Å². The van der Waals surface area contributed by atoms with Crippen LogP contribution in [0.1, 0.15) is 18.5 Å². The Bertz CT molecular complexity index is 346. The Morgan fingerprint density at radius 1 is 1.54 bits per heavy atom. The van der Waals surface area contributed by atoms with Crippen LogP contribution in [0.4, 0.5) is 0 Å². The molecule has 1 aromatic heterocycles. The van der Waals surface area contributed by atoms with Crippen LogP contribution in [0.5, 0.6) is 5.75 Å². The molecule has 0 N–H and O–H groups in total. The average Bonchev–Trinajstić information content (AvgIpc) is 2.99. The van der Waals surface area contributed by atoms with Gasteiger partial charge < -0.3 is 4.74 Å². The molecule has 0 spiro atoms. The van der Waals surface area contributed by atoms with E-state index in [-0.39, 0.29) is 5.41 Å². The standard InChI is InChI=1S/C10H10N2O/c1-13-8-2-3-9(12-6-8)10(7-11)4-5-10/h2-3,6H,4-5H2,1H3. The van der Waals surface area contributed by atoms with Gasteiger partial charge in [-0.2, -0.15) is 5.26 Å². The van der Waals surface area contributed by atoms with E-state index in [2.05, 4.69) is 11.1 Å². The summed E-state index contributed by atoms with van der Waals surface area (Å²) in [7, 11) is 1.61. The Labute approximate surface area is 77.0 Å². The molecule has 3 heteroatoms. The van der Waals surface area contributed by atoms with Gasteiger partial charge in [-0.05, 0) is 25.0 Å². The number of methoxy groups -OCH3 is 1. The van der Waals surface area contributed by atoms with Crippen LogP contribution >= 0.6 is 0 Å². The highest BCUT2D eigenvalue weighted by Crippen LogP contribution is 2.46. The quantitative estimate of drug-likeness (QED) is 0.684. The molecule has 0 bridgehead atoms. The SMILES string of the molecule is COc1ccc(C2(C#N)CC2)nc1. The van der Waals surface area contributed by atoms with Crippen molar-refractivity contribution in [3.05, 3.63) is 24.0 Å². The van der Waals surface area contributed by atoms with Crippen molar-refractivity contribution in [3.63, 3.8) is 0 Å². The number of ether oxygens (including phenoxy) is 1. The molecule has 1 saturated carbocycles. The normalized spacial score (nSPS) is 17.5. The van der Waals surface area contributed by atoms with E-state index < -0.39 is 0 Å². The fourth-order valence-electron chi connectivity index (χ4n) is 1.33. The first-order valence-electron chi connectivity index (χ1n) is 4.22. The maximum Gasteiger partial charge on any atom is 0.137 e. The van der Waals surface area contributed by atoms with Crippen LogP contribution in [0, 0.1) is 11.3 Å². The van der Waals surface area contributed by atoms with Crippen LogP contribution in [0.25, 0.3) is 0 Å². The molecule has 0 radical (unpaired) electrons. The molecule has 3 nitrogen and oxygen atoms in total. The van der Waals surface area contributed by atoms with E-state index in [1.165, 1.54) is 0 Å². The molecule has 2 rings (SSSR count). The highest BCUT2D eigenvalue weighted by atomic mass is 16.5. The zero-order chi connectivity index (χ0) is 9.31. The number of aromatic nitrogens is 1. The maximum atomic E-state index is 8.92. The molecule has 0 atom stereocenters. The topological polar surface area (TPSA) is 45.9 Å². The predicted molar refractivity (Wildman–Crippen MR) is 47.3 cm³/mol. The Morgan fingerprint density at radius 2 is 2.31 bits per heavy atom. The maximum absolute atomic E-state index is 8.92. The van der Waals surface area contributed by atoms with Crippen molar-refractivity contribution >= 4 is 0 Å². The minimum absolute atomic E-state index is 0.285. The van der Waals surface area contributed by atoms with Gasteiger partial charge in [0.15, 0.2) is 0 Å². The van der Waals surface area contributed by atoms with Crippen LogP contribution in [0.3, 0.4) is 0 Å². The summed E-state index contributed by atoms with van der Waals surface area (Å²) in [5, 5.41) is 8.92. The minimum Gasteiger partial charge on any atom is -0.495 e. The van der Waals surface area contributed by atoms with E-state index in [1.807, 2.05) is 12.1 Å². The lowest BCUT2D eigenvalue weighted by Crippen LogP contribution is -2.04. The summed E-state index contributed by atoms with van der Waals surface area (Å²) >= 11 is 0. The van der Waals surface area contributed by atoms with E-state index in [0.29, 0.717) is 0 Å². The van der Waals surface area contributed by atoms with Gasteiger partial charge in [0, 0.05) is 0 Å². The number of pyridine rings is 1. The first kappa shape index (κ1) is 8.06. The Balaban J connectivity index is 2.29. The van der Waals surface area contributed by atoms with Gasteiger partial charge in [-0.15, -0.1) is 0 Å². The van der Waals surface area contributed by atoms with Crippen LogP contribution < -0.4 is 4.74 Å². The molecular formula is C10H10N2O. The van der Waals surface area contributed by atoms with Gasteiger partial charge in [-0.3, -0.25) is 4.98 Å². The highest BCUT2D eigenvalue weighted by molar-refractivity contribution is 5.35. The van der Waals surface area contributed by atoms with Gasteiger partial charge in [0.25, 0.3) is 0 Å². The van der Waals surface area contributed by atoms with Crippen molar-refractivity contribution in [2.24, 2.45) is 0 Å². The molecule has 0 unspecified atom stereocenters. The molecule has 1 fully saturated rings. The van der Waals surface area contributed by atoms with Crippen molar-refractivity contribution in [1.29, 1.82) is 5.26 Å². The fraction of sp³-hybridized carbons (Fsp3) is 0.400. The summed E-state index contributed by atoms with van der Waals surface area (Å²) in [5.41, 5.74) is 0.586. The molecule has 1 aliphatic rings. The van der Waals surface area contributed by atoms with Crippen LogP contribution in [0.15, 0.2) is 18.3 Å². The van der Waals surface area contributed by atoms with Crippen LogP contribution in [-0.4, -0.2) is 12.1 Å². The molecular weight excluding hydrogens is 164 g/mol.